The summed E-state index contributed by atoms with van der Waals surface area (Å²) in [4.78, 5) is 4.00. The molecule has 1 aliphatic rings. The summed E-state index contributed by atoms with van der Waals surface area (Å²) in [7, 11) is 1.80. The van der Waals surface area contributed by atoms with E-state index in [2.05, 4.69) is 11.6 Å². The van der Waals surface area contributed by atoms with Crippen LogP contribution in [0.15, 0.2) is 17.6 Å². The lowest BCUT2D eigenvalue weighted by atomic mass is 9.74. The Morgan fingerprint density at radius 2 is 2.40 bits per heavy atom. The molecule has 15 heavy (non-hydrogen) atoms. The Hall–Kier alpha value is -0.670. The molecular weight excluding hydrogens is 188 g/mol. The highest BCUT2D eigenvalue weighted by atomic mass is 16.5. The van der Waals surface area contributed by atoms with Gasteiger partial charge in [-0.1, -0.05) is 6.08 Å². The van der Waals surface area contributed by atoms with Gasteiger partial charge in [0.25, 0.3) is 0 Å². The SMILES string of the molecule is C=CC[C@]1(CCC=NC)CCCN(O)C1. The molecule has 1 aliphatic heterocycles. The van der Waals surface area contributed by atoms with Crippen molar-refractivity contribution in [2.24, 2.45) is 10.4 Å². The van der Waals surface area contributed by atoms with Crippen LogP contribution in [0.1, 0.15) is 32.1 Å². The molecule has 1 saturated heterocycles. The van der Waals surface area contributed by atoms with Crippen LogP contribution < -0.4 is 0 Å². The minimum atomic E-state index is 0.218. The third kappa shape index (κ3) is 3.76. The molecule has 0 aromatic carbocycles. The Bertz CT molecular complexity index is 228. The second-order valence-electron chi connectivity index (χ2n) is 4.46. The first kappa shape index (κ1) is 12.4. The third-order valence-electron chi connectivity index (χ3n) is 3.20. The van der Waals surface area contributed by atoms with E-state index in [-0.39, 0.29) is 5.41 Å². The standard InChI is InChI=1S/C12H22N2O/c1-3-6-12(7-4-9-13-2)8-5-10-14(15)11-12/h3,9,15H,1,4-8,10-11H2,2H3/t12-/m0/s1. The number of aliphatic imine (C=N–C) groups is 1. The fourth-order valence-electron chi connectivity index (χ4n) is 2.46. The molecule has 1 rings (SSSR count). The molecule has 0 aromatic rings. The van der Waals surface area contributed by atoms with E-state index in [4.69, 9.17) is 0 Å². The normalized spacial score (nSPS) is 28.4. The summed E-state index contributed by atoms with van der Waals surface area (Å²) in [5.41, 5.74) is 0.218. The molecule has 0 aliphatic carbocycles. The van der Waals surface area contributed by atoms with Gasteiger partial charge in [-0.2, -0.15) is 5.06 Å². The van der Waals surface area contributed by atoms with Gasteiger partial charge in [0, 0.05) is 20.1 Å². The molecule has 0 aromatic heterocycles. The van der Waals surface area contributed by atoms with E-state index in [0.29, 0.717) is 0 Å². The van der Waals surface area contributed by atoms with E-state index in [1.54, 1.807) is 7.05 Å². The second kappa shape index (κ2) is 6.03. The van der Waals surface area contributed by atoms with Crippen LogP contribution in [0.25, 0.3) is 0 Å². The molecule has 0 unspecified atom stereocenters. The summed E-state index contributed by atoms with van der Waals surface area (Å²) >= 11 is 0. The van der Waals surface area contributed by atoms with Crippen molar-refractivity contribution in [3.63, 3.8) is 0 Å². The lowest BCUT2D eigenvalue weighted by Crippen LogP contribution is -2.41. The average molecular weight is 210 g/mol. The number of hydrogen-bond donors (Lipinski definition) is 1. The van der Waals surface area contributed by atoms with Crippen LogP contribution in [0.2, 0.25) is 0 Å². The average Bonchev–Trinajstić information content (AvgIpc) is 2.18. The van der Waals surface area contributed by atoms with Crippen LogP contribution in [0.5, 0.6) is 0 Å². The number of rotatable bonds is 5. The fourth-order valence-corrected chi connectivity index (χ4v) is 2.46. The lowest BCUT2D eigenvalue weighted by Gasteiger charge is -2.40. The highest BCUT2D eigenvalue weighted by molar-refractivity contribution is 5.56. The first-order valence-electron chi connectivity index (χ1n) is 5.68. The van der Waals surface area contributed by atoms with Gasteiger partial charge in [0.05, 0.1) is 0 Å². The van der Waals surface area contributed by atoms with Crippen molar-refractivity contribution in [3.8, 4) is 0 Å². The minimum absolute atomic E-state index is 0.218. The van der Waals surface area contributed by atoms with Gasteiger partial charge in [0.15, 0.2) is 0 Å². The van der Waals surface area contributed by atoms with Crippen molar-refractivity contribution >= 4 is 6.21 Å². The van der Waals surface area contributed by atoms with Crippen molar-refractivity contribution < 1.29 is 5.21 Å². The largest absolute Gasteiger partial charge is 0.314 e. The zero-order chi connectivity index (χ0) is 11.1. The lowest BCUT2D eigenvalue weighted by molar-refractivity contribution is -0.140. The van der Waals surface area contributed by atoms with Crippen molar-refractivity contribution in [3.05, 3.63) is 12.7 Å². The first-order valence-corrected chi connectivity index (χ1v) is 5.68. The Morgan fingerprint density at radius 1 is 1.60 bits per heavy atom. The summed E-state index contributed by atoms with van der Waals surface area (Å²) in [6.07, 6.45) is 9.28. The summed E-state index contributed by atoms with van der Waals surface area (Å²) in [6.45, 7) is 5.40. The molecule has 3 heteroatoms. The molecule has 1 atom stereocenters. The number of piperidine rings is 1. The van der Waals surface area contributed by atoms with Gasteiger partial charge in [0.1, 0.15) is 0 Å². The molecule has 0 radical (unpaired) electrons. The van der Waals surface area contributed by atoms with E-state index >= 15 is 0 Å². The van der Waals surface area contributed by atoms with Crippen LogP contribution >= 0.6 is 0 Å². The Morgan fingerprint density at radius 3 is 3.00 bits per heavy atom. The van der Waals surface area contributed by atoms with Gasteiger partial charge in [-0.15, -0.1) is 6.58 Å². The quantitative estimate of drug-likeness (QED) is 0.559. The number of allylic oxidation sites excluding steroid dienone is 1. The van der Waals surface area contributed by atoms with Crippen LogP contribution in [-0.2, 0) is 0 Å². The van der Waals surface area contributed by atoms with Gasteiger partial charge in [-0.3, -0.25) is 0 Å². The van der Waals surface area contributed by atoms with Crippen molar-refractivity contribution in [1.29, 1.82) is 0 Å². The van der Waals surface area contributed by atoms with Crippen molar-refractivity contribution in [2.45, 2.75) is 32.1 Å². The Balaban J connectivity index is 2.55. The smallest absolute Gasteiger partial charge is 0.0297 e. The maximum atomic E-state index is 9.59. The highest BCUT2D eigenvalue weighted by Crippen LogP contribution is 2.37. The summed E-state index contributed by atoms with van der Waals surface area (Å²) in [5, 5.41) is 11.0. The molecule has 0 amide bonds. The van der Waals surface area contributed by atoms with Crippen LogP contribution in [-0.4, -0.2) is 36.6 Å². The molecule has 1 N–H and O–H groups in total. The maximum Gasteiger partial charge on any atom is 0.0297 e. The van der Waals surface area contributed by atoms with Gasteiger partial charge >= 0.3 is 0 Å². The van der Waals surface area contributed by atoms with Crippen molar-refractivity contribution in [2.75, 3.05) is 20.1 Å². The Kier molecular flexibility index (Phi) is 4.99. The molecule has 86 valence electrons. The van der Waals surface area contributed by atoms with Gasteiger partial charge < -0.3 is 10.2 Å². The van der Waals surface area contributed by atoms with E-state index in [1.807, 2.05) is 12.3 Å². The van der Waals surface area contributed by atoms with Gasteiger partial charge in [-0.25, -0.2) is 0 Å². The summed E-state index contributed by atoms with van der Waals surface area (Å²) in [5.74, 6) is 0. The second-order valence-corrected chi connectivity index (χ2v) is 4.46. The van der Waals surface area contributed by atoms with Gasteiger partial charge in [-0.05, 0) is 43.7 Å². The van der Waals surface area contributed by atoms with E-state index < -0.39 is 0 Å². The highest BCUT2D eigenvalue weighted by Gasteiger charge is 2.33. The fraction of sp³-hybridized carbons (Fsp3) is 0.750. The zero-order valence-corrected chi connectivity index (χ0v) is 9.65. The van der Waals surface area contributed by atoms with E-state index in [1.165, 1.54) is 11.5 Å². The molecule has 3 nitrogen and oxygen atoms in total. The van der Waals surface area contributed by atoms with E-state index in [0.717, 1.165) is 38.8 Å². The predicted molar refractivity (Wildman–Crippen MR) is 63.5 cm³/mol. The zero-order valence-electron chi connectivity index (χ0n) is 9.65. The molecule has 1 fully saturated rings. The number of hydrogen-bond acceptors (Lipinski definition) is 3. The number of nitrogens with zero attached hydrogens (tertiary/aromatic N) is 2. The first-order chi connectivity index (χ1) is 7.22. The van der Waals surface area contributed by atoms with Gasteiger partial charge in [0.2, 0.25) is 0 Å². The van der Waals surface area contributed by atoms with Crippen LogP contribution in [0.3, 0.4) is 0 Å². The monoisotopic (exact) mass is 210 g/mol. The maximum absolute atomic E-state index is 9.59. The molecule has 0 spiro atoms. The predicted octanol–water partition coefficient (Wildman–Crippen LogP) is 2.51. The molecular formula is C12H22N2O. The minimum Gasteiger partial charge on any atom is -0.314 e. The topological polar surface area (TPSA) is 35.8 Å². The van der Waals surface area contributed by atoms with Crippen LogP contribution in [0.4, 0.5) is 0 Å². The number of hydroxylamine groups is 2. The van der Waals surface area contributed by atoms with E-state index in [9.17, 15) is 5.21 Å². The molecule has 1 heterocycles. The summed E-state index contributed by atoms with van der Waals surface area (Å²) < 4.78 is 0. The molecule has 0 bridgehead atoms. The summed E-state index contributed by atoms with van der Waals surface area (Å²) in [6, 6.07) is 0. The Labute approximate surface area is 92.5 Å². The third-order valence-corrected chi connectivity index (χ3v) is 3.20. The molecule has 0 saturated carbocycles. The van der Waals surface area contributed by atoms with Crippen LogP contribution in [0, 0.1) is 5.41 Å². The van der Waals surface area contributed by atoms with Crippen molar-refractivity contribution in [1.82, 2.24) is 5.06 Å².